The maximum absolute atomic E-state index is 11.1. The van der Waals surface area contributed by atoms with Crippen LogP contribution < -0.4 is 4.74 Å². The molecular formula is C12H15NO3. The fourth-order valence-corrected chi connectivity index (χ4v) is 1.59. The van der Waals surface area contributed by atoms with Gasteiger partial charge in [0.15, 0.2) is 0 Å². The van der Waals surface area contributed by atoms with Crippen LogP contribution >= 0.6 is 0 Å². The minimum absolute atomic E-state index is 0.209. The van der Waals surface area contributed by atoms with Gasteiger partial charge in [-0.2, -0.15) is 0 Å². The topological polar surface area (TPSA) is 38.8 Å². The largest absolute Gasteiger partial charge is 0.494 e. The average Bonchev–Trinajstić information content (AvgIpc) is 2.72. The maximum Gasteiger partial charge on any atom is 0.409 e. The van der Waals surface area contributed by atoms with Crippen LogP contribution in [-0.2, 0) is 4.74 Å². The van der Waals surface area contributed by atoms with E-state index in [9.17, 15) is 4.79 Å². The van der Waals surface area contributed by atoms with E-state index >= 15 is 0 Å². The standard InChI is InChI=1S/C12H15NO3/c14-12-13(8-10-16-12)7-4-9-15-11-5-2-1-3-6-11/h1-3,5-6H,4,7-10H2. The number of benzene rings is 1. The molecule has 1 aliphatic rings. The lowest BCUT2D eigenvalue weighted by Gasteiger charge is -2.12. The van der Waals surface area contributed by atoms with Crippen LogP contribution in [-0.4, -0.2) is 37.3 Å². The van der Waals surface area contributed by atoms with Crippen molar-refractivity contribution in [2.45, 2.75) is 6.42 Å². The molecule has 0 aliphatic carbocycles. The predicted octanol–water partition coefficient (Wildman–Crippen LogP) is 1.91. The number of cyclic esters (lactones) is 1. The summed E-state index contributed by atoms with van der Waals surface area (Å²) in [5.41, 5.74) is 0. The van der Waals surface area contributed by atoms with E-state index in [1.54, 1.807) is 4.90 Å². The molecule has 0 aromatic heterocycles. The molecule has 86 valence electrons. The van der Waals surface area contributed by atoms with Crippen molar-refractivity contribution in [3.05, 3.63) is 30.3 Å². The maximum atomic E-state index is 11.1. The van der Waals surface area contributed by atoms with Crippen molar-refractivity contribution in [3.8, 4) is 5.75 Å². The molecule has 1 saturated heterocycles. The van der Waals surface area contributed by atoms with E-state index in [2.05, 4.69) is 0 Å². The van der Waals surface area contributed by atoms with E-state index in [0.29, 0.717) is 26.3 Å². The first kappa shape index (κ1) is 10.8. The first-order valence-electron chi connectivity index (χ1n) is 5.46. The molecule has 1 aromatic rings. The van der Waals surface area contributed by atoms with Crippen molar-refractivity contribution in [2.24, 2.45) is 0 Å². The number of nitrogens with zero attached hydrogens (tertiary/aromatic N) is 1. The van der Waals surface area contributed by atoms with E-state index in [4.69, 9.17) is 9.47 Å². The van der Waals surface area contributed by atoms with E-state index < -0.39 is 0 Å². The molecule has 1 aliphatic heterocycles. The third-order valence-electron chi connectivity index (χ3n) is 2.43. The van der Waals surface area contributed by atoms with Gasteiger partial charge >= 0.3 is 6.09 Å². The summed E-state index contributed by atoms with van der Waals surface area (Å²) in [7, 11) is 0. The third kappa shape index (κ3) is 2.89. The summed E-state index contributed by atoms with van der Waals surface area (Å²) in [5.74, 6) is 0.867. The van der Waals surface area contributed by atoms with Crippen LogP contribution in [0.4, 0.5) is 4.79 Å². The molecule has 0 spiro atoms. The van der Waals surface area contributed by atoms with Crippen molar-refractivity contribution in [2.75, 3.05) is 26.3 Å². The van der Waals surface area contributed by atoms with Crippen LogP contribution in [0, 0.1) is 0 Å². The summed E-state index contributed by atoms with van der Waals surface area (Å²) >= 11 is 0. The molecule has 4 heteroatoms. The Bertz CT molecular complexity index is 339. The van der Waals surface area contributed by atoms with Crippen LogP contribution in [0.5, 0.6) is 5.75 Å². The van der Waals surface area contributed by atoms with E-state index in [0.717, 1.165) is 12.2 Å². The van der Waals surface area contributed by atoms with Crippen molar-refractivity contribution < 1.29 is 14.3 Å². The summed E-state index contributed by atoms with van der Waals surface area (Å²) in [4.78, 5) is 12.8. The van der Waals surface area contributed by atoms with Crippen LogP contribution in [0.3, 0.4) is 0 Å². The van der Waals surface area contributed by atoms with E-state index in [1.165, 1.54) is 0 Å². The van der Waals surface area contributed by atoms with Crippen molar-refractivity contribution in [3.63, 3.8) is 0 Å². The average molecular weight is 221 g/mol. The van der Waals surface area contributed by atoms with Gasteiger partial charge in [-0.25, -0.2) is 4.79 Å². The van der Waals surface area contributed by atoms with Gasteiger partial charge in [0.05, 0.1) is 13.2 Å². The van der Waals surface area contributed by atoms with Gasteiger partial charge in [-0.1, -0.05) is 18.2 Å². The Labute approximate surface area is 94.8 Å². The molecule has 4 nitrogen and oxygen atoms in total. The van der Waals surface area contributed by atoms with E-state index in [-0.39, 0.29) is 6.09 Å². The summed E-state index contributed by atoms with van der Waals surface area (Å²) in [6.07, 6.45) is 0.615. The molecule has 1 amide bonds. The Morgan fingerprint density at radius 1 is 1.31 bits per heavy atom. The van der Waals surface area contributed by atoms with Crippen LogP contribution in [0.1, 0.15) is 6.42 Å². The minimum Gasteiger partial charge on any atom is -0.494 e. The highest BCUT2D eigenvalue weighted by Crippen LogP contribution is 2.09. The molecule has 16 heavy (non-hydrogen) atoms. The molecule has 1 heterocycles. The number of amides is 1. The lowest BCUT2D eigenvalue weighted by atomic mass is 10.3. The molecule has 1 aromatic carbocycles. The first-order valence-corrected chi connectivity index (χ1v) is 5.46. The van der Waals surface area contributed by atoms with Crippen molar-refractivity contribution in [1.29, 1.82) is 0 Å². The lowest BCUT2D eigenvalue weighted by Crippen LogP contribution is -2.26. The van der Waals surface area contributed by atoms with Gasteiger partial charge in [0.1, 0.15) is 12.4 Å². The Kier molecular flexibility index (Phi) is 3.64. The fourth-order valence-electron chi connectivity index (χ4n) is 1.59. The zero-order valence-electron chi connectivity index (χ0n) is 9.09. The highest BCUT2D eigenvalue weighted by atomic mass is 16.6. The molecule has 0 saturated carbocycles. The molecule has 0 atom stereocenters. The van der Waals surface area contributed by atoms with Crippen LogP contribution in [0.15, 0.2) is 30.3 Å². The van der Waals surface area contributed by atoms with Crippen molar-refractivity contribution in [1.82, 2.24) is 4.90 Å². The molecule has 0 radical (unpaired) electrons. The summed E-state index contributed by atoms with van der Waals surface area (Å²) < 4.78 is 10.3. The van der Waals surface area contributed by atoms with E-state index in [1.807, 2.05) is 30.3 Å². The molecule has 1 fully saturated rings. The molecule has 0 N–H and O–H groups in total. The number of ether oxygens (including phenoxy) is 2. The molecular weight excluding hydrogens is 206 g/mol. The van der Waals surface area contributed by atoms with Gasteiger partial charge in [0.25, 0.3) is 0 Å². The fraction of sp³-hybridized carbons (Fsp3) is 0.417. The number of carbonyl (C=O) groups is 1. The Morgan fingerprint density at radius 3 is 2.81 bits per heavy atom. The lowest BCUT2D eigenvalue weighted by molar-refractivity contribution is 0.156. The number of para-hydroxylation sites is 1. The normalized spacial score (nSPS) is 15.0. The molecule has 2 rings (SSSR count). The Morgan fingerprint density at radius 2 is 2.12 bits per heavy atom. The highest BCUT2D eigenvalue weighted by Gasteiger charge is 2.20. The SMILES string of the molecule is O=C1OCCN1CCCOc1ccccc1. The second-order valence-electron chi connectivity index (χ2n) is 3.62. The second kappa shape index (κ2) is 5.39. The summed E-state index contributed by atoms with van der Waals surface area (Å²) in [6.45, 7) is 2.53. The number of hydrogen-bond acceptors (Lipinski definition) is 3. The zero-order valence-corrected chi connectivity index (χ0v) is 9.09. The van der Waals surface area contributed by atoms with Gasteiger partial charge < -0.3 is 14.4 Å². The van der Waals surface area contributed by atoms with Gasteiger partial charge in [-0.05, 0) is 18.6 Å². The van der Waals surface area contributed by atoms with Crippen molar-refractivity contribution >= 4 is 6.09 Å². The first-order chi connectivity index (χ1) is 7.86. The second-order valence-corrected chi connectivity index (χ2v) is 3.62. The number of hydrogen-bond donors (Lipinski definition) is 0. The van der Waals surface area contributed by atoms with Gasteiger partial charge in [0.2, 0.25) is 0 Å². The smallest absolute Gasteiger partial charge is 0.409 e. The highest BCUT2D eigenvalue weighted by molar-refractivity contribution is 5.69. The minimum atomic E-state index is -0.209. The monoisotopic (exact) mass is 221 g/mol. The number of rotatable bonds is 5. The Hall–Kier alpha value is -1.71. The van der Waals surface area contributed by atoms with Crippen LogP contribution in [0.2, 0.25) is 0 Å². The third-order valence-corrected chi connectivity index (χ3v) is 2.43. The predicted molar refractivity (Wildman–Crippen MR) is 59.5 cm³/mol. The number of carbonyl (C=O) groups excluding carboxylic acids is 1. The van der Waals surface area contributed by atoms with Gasteiger partial charge in [-0.15, -0.1) is 0 Å². The van der Waals surface area contributed by atoms with Gasteiger partial charge in [0, 0.05) is 6.54 Å². The zero-order chi connectivity index (χ0) is 11.2. The van der Waals surface area contributed by atoms with Crippen LogP contribution in [0.25, 0.3) is 0 Å². The summed E-state index contributed by atoms with van der Waals surface area (Å²) in [6, 6.07) is 9.67. The quantitative estimate of drug-likeness (QED) is 0.713. The molecule has 0 unspecified atom stereocenters. The molecule has 0 bridgehead atoms. The summed E-state index contributed by atoms with van der Waals surface area (Å²) in [5, 5.41) is 0. The Balaban J connectivity index is 1.64. The van der Waals surface area contributed by atoms with Gasteiger partial charge in [-0.3, -0.25) is 0 Å².